The van der Waals surface area contributed by atoms with Crippen LogP contribution >= 0.6 is 11.8 Å². The Morgan fingerprint density at radius 3 is 2.76 bits per heavy atom. The first kappa shape index (κ1) is 19.4. The number of para-hydroxylation sites is 2. The van der Waals surface area contributed by atoms with Crippen molar-refractivity contribution in [3.05, 3.63) is 59.8 Å². The molecule has 3 aromatic rings. The number of nitrogens with zero attached hydrogens (tertiary/aromatic N) is 2. The second kappa shape index (κ2) is 8.21. The van der Waals surface area contributed by atoms with Crippen LogP contribution in [0.25, 0.3) is 10.9 Å². The highest BCUT2D eigenvalue weighted by Crippen LogP contribution is 2.40. The van der Waals surface area contributed by atoms with Crippen molar-refractivity contribution in [2.24, 2.45) is 0 Å². The number of fused-ring (bicyclic) bond motifs is 1. The van der Waals surface area contributed by atoms with Crippen LogP contribution in [0.15, 0.2) is 48.5 Å². The lowest BCUT2D eigenvalue weighted by Crippen LogP contribution is -2.37. The van der Waals surface area contributed by atoms with E-state index in [9.17, 15) is 9.90 Å². The van der Waals surface area contributed by atoms with Gasteiger partial charge < -0.3 is 19.5 Å². The largest absolute Gasteiger partial charge is 0.506 e. The average molecular weight is 410 g/mol. The lowest BCUT2D eigenvalue weighted by Gasteiger charge is -2.35. The summed E-state index contributed by atoms with van der Waals surface area (Å²) in [5.74, 6) is 2.19. The molecule has 150 valence electrons. The first-order valence-electron chi connectivity index (χ1n) is 9.32. The van der Waals surface area contributed by atoms with Crippen molar-refractivity contribution in [2.75, 3.05) is 20.0 Å². The summed E-state index contributed by atoms with van der Waals surface area (Å²) in [5.41, 5.74) is 2.16. The van der Waals surface area contributed by atoms with Crippen molar-refractivity contribution in [1.82, 2.24) is 9.88 Å². The zero-order valence-electron chi connectivity index (χ0n) is 16.3. The maximum Gasteiger partial charge on any atom is 0.224 e. The smallest absolute Gasteiger partial charge is 0.224 e. The molecule has 2 heterocycles. The first-order valence-corrected chi connectivity index (χ1v) is 10.4. The minimum absolute atomic E-state index is 0.0674. The second-order valence-corrected chi connectivity index (χ2v) is 7.92. The van der Waals surface area contributed by atoms with Crippen LogP contribution in [0.2, 0.25) is 0 Å². The molecular weight excluding hydrogens is 388 g/mol. The van der Waals surface area contributed by atoms with Crippen LogP contribution in [-0.2, 0) is 11.3 Å². The summed E-state index contributed by atoms with van der Waals surface area (Å²) < 4.78 is 10.9. The van der Waals surface area contributed by atoms with E-state index < -0.39 is 0 Å². The molecule has 0 spiro atoms. The zero-order chi connectivity index (χ0) is 20.4. The van der Waals surface area contributed by atoms with E-state index in [1.807, 2.05) is 41.3 Å². The molecule has 4 rings (SSSR count). The maximum atomic E-state index is 12.8. The Balaban J connectivity index is 1.72. The van der Waals surface area contributed by atoms with Gasteiger partial charge in [-0.05, 0) is 18.2 Å². The number of ether oxygens (including phenoxy) is 2. The Hall–Kier alpha value is -2.93. The predicted molar refractivity (Wildman–Crippen MR) is 113 cm³/mol. The highest BCUT2D eigenvalue weighted by molar-refractivity contribution is 7.99. The number of phenolic OH excluding ortho intramolecular Hbond substituents is 1. The lowest BCUT2D eigenvalue weighted by molar-refractivity contribution is -0.132. The average Bonchev–Trinajstić information content (AvgIpc) is 2.75. The van der Waals surface area contributed by atoms with Crippen LogP contribution in [-0.4, -0.2) is 40.9 Å². The molecule has 1 aliphatic rings. The fraction of sp³-hybridized carbons (Fsp3) is 0.273. The summed E-state index contributed by atoms with van der Waals surface area (Å²) in [7, 11) is 3.19. The predicted octanol–water partition coefficient (Wildman–Crippen LogP) is 4.12. The SMILES string of the molecule is COc1cccc(CN2C(=O)CCSC2c2ccc3cccc(O)c3n2)c1OC. The van der Waals surface area contributed by atoms with Gasteiger partial charge in [-0.2, -0.15) is 0 Å². The summed E-state index contributed by atoms with van der Waals surface area (Å²) in [6.07, 6.45) is 0.478. The third-order valence-corrected chi connectivity index (χ3v) is 6.25. The molecule has 29 heavy (non-hydrogen) atoms. The van der Waals surface area contributed by atoms with E-state index in [2.05, 4.69) is 4.98 Å². The van der Waals surface area contributed by atoms with Crippen molar-refractivity contribution in [3.63, 3.8) is 0 Å². The Bertz CT molecular complexity index is 1060. The number of aromatic nitrogens is 1. The second-order valence-electron chi connectivity index (χ2n) is 6.73. The number of benzene rings is 2. The number of carbonyl (C=O) groups is 1. The van der Waals surface area contributed by atoms with Gasteiger partial charge in [0.25, 0.3) is 0 Å². The molecule has 0 aliphatic carbocycles. The Morgan fingerprint density at radius 2 is 1.97 bits per heavy atom. The zero-order valence-corrected chi connectivity index (χ0v) is 17.1. The van der Waals surface area contributed by atoms with Crippen LogP contribution in [0.1, 0.15) is 23.1 Å². The van der Waals surface area contributed by atoms with Crippen molar-refractivity contribution in [1.29, 1.82) is 0 Å². The van der Waals surface area contributed by atoms with Gasteiger partial charge in [0.05, 0.1) is 26.5 Å². The number of thioether (sulfide) groups is 1. The van der Waals surface area contributed by atoms with Crippen molar-refractivity contribution < 1.29 is 19.4 Å². The molecule has 0 radical (unpaired) electrons. The van der Waals surface area contributed by atoms with Gasteiger partial charge in [0.1, 0.15) is 16.6 Å². The van der Waals surface area contributed by atoms with E-state index in [0.717, 1.165) is 22.4 Å². The molecule has 7 heteroatoms. The Kier molecular flexibility index (Phi) is 5.49. The molecule has 2 aromatic carbocycles. The van der Waals surface area contributed by atoms with Crippen LogP contribution in [0.3, 0.4) is 0 Å². The highest BCUT2D eigenvalue weighted by Gasteiger charge is 2.32. The lowest BCUT2D eigenvalue weighted by atomic mass is 10.1. The van der Waals surface area contributed by atoms with Crippen LogP contribution in [0.4, 0.5) is 0 Å². The minimum atomic E-state index is -0.240. The van der Waals surface area contributed by atoms with Crippen LogP contribution < -0.4 is 9.47 Å². The monoisotopic (exact) mass is 410 g/mol. The molecular formula is C22H22N2O4S. The number of carbonyl (C=O) groups excluding carboxylic acids is 1. The Labute approximate surface area is 173 Å². The highest BCUT2D eigenvalue weighted by atomic mass is 32.2. The molecule has 1 saturated heterocycles. The normalized spacial score (nSPS) is 16.8. The number of methoxy groups -OCH3 is 2. The molecule has 1 aromatic heterocycles. The molecule has 1 N–H and O–H groups in total. The van der Waals surface area contributed by atoms with Crippen LogP contribution in [0, 0.1) is 0 Å². The van der Waals surface area contributed by atoms with E-state index >= 15 is 0 Å². The summed E-state index contributed by atoms with van der Waals surface area (Å²) in [6, 6.07) is 14.8. The molecule has 0 bridgehead atoms. The van der Waals surface area contributed by atoms with Gasteiger partial charge in [0.2, 0.25) is 5.91 Å². The number of pyridine rings is 1. The van der Waals surface area contributed by atoms with E-state index in [1.165, 1.54) is 0 Å². The third-order valence-electron chi connectivity index (χ3n) is 4.99. The van der Waals surface area contributed by atoms with Gasteiger partial charge in [-0.25, -0.2) is 4.98 Å². The first-order chi connectivity index (χ1) is 14.1. The van der Waals surface area contributed by atoms with Gasteiger partial charge in [0, 0.05) is 23.1 Å². The van der Waals surface area contributed by atoms with Gasteiger partial charge in [-0.15, -0.1) is 11.8 Å². The van der Waals surface area contributed by atoms with Crippen LogP contribution in [0.5, 0.6) is 17.2 Å². The van der Waals surface area contributed by atoms with Crippen molar-refractivity contribution >= 4 is 28.6 Å². The number of amides is 1. The summed E-state index contributed by atoms with van der Waals surface area (Å²) in [4.78, 5) is 19.3. The molecule has 1 aliphatic heterocycles. The fourth-order valence-electron chi connectivity index (χ4n) is 3.58. The molecule has 1 atom stereocenters. The van der Waals surface area contributed by atoms with Gasteiger partial charge in [0.15, 0.2) is 11.5 Å². The third kappa shape index (κ3) is 3.70. The van der Waals surface area contributed by atoms with E-state index in [4.69, 9.17) is 9.47 Å². The minimum Gasteiger partial charge on any atom is -0.506 e. The summed E-state index contributed by atoms with van der Waals surface area (Å²) >= 11 is 1.67. The number of rotatable bonds is 5. The van der Waals surface area contributed by atoms with E-state index in [-0.39, 0.29) is 17.0 Å². The number of phenols is 1. The maximum absolute atomic E-state index is 12.8. The van der Waals surface area contributed by atoms with Gasteiger partial charge >= 0.3 is 0 Å². The summed E-state index contributed by atoms with van der Waals surface area (Å²) in [6.45, 7) is 0.386. The molecule has 1 fully saturated rings. The number of hydrogen-bond donors (Lipinski definition) is 1. The Morgan fingerprint density at radius 1 is 1.14 bits per heavy atom. The number of aromatic hydroxyl groups is 1. The van der Waals surface area contributed by atoms with Crippen molar-refractivity contribution in [2.45, 2.75) is 18.3 Å². The topological polar surface area (TPSA) is 71.9 Å². The van der Waals surface area contributed by atoms with E-state index in [1.54, 1.807) is 38.1 Å². The van der Waals surface area contributed by atoms with Crippen molar-refractivity contribution in [3.8, 4) is 17.2 Å². The van der Waals surface area contributed by atoms with E-state index in [0.29, 0.717) is 30.0 Å². The molecule has 1 unspecified atom stereocenters. The van der Waals surface area contributed by atoms with Gasteiger partial charge in [-0.1, -0.05) is 30.3 Å². The summed E-state index contributed by atoms with van der Waals surface area (Å²) in [5, 5.41) is 10.8. The molecule has 0 saturated carbocycles. The fourth-order valence-corrected chi connectivity index (χ4v) is 4.77. The number of hydrogen-bond acceptors (Lipinski definition) is 6. The standard InChI is InChI=1S/C22H22N2O4S/c1-27-18-8-4-6-15(21(18)28-2)13-24-19(26)11-12-29-22(24)16-10-9-14-5-3-7-17(25)20(14)23-16/h3-10,22,25H,11-13H2,1-2H3. The van der Waals surface area contributed by atoms with Gasteiger partial charge in [-0.3, -0.25) is 4.79 Å². The quantitative estimate of drug-likeness (QED) is 0.682. The molecule has 1 amide bonds. The molecule has 6 nitrogen and oxygen atoms in total.